The predicted octanol–water partition coefficient (Wildman–Crippen LogP) is 3.78. The first-order valence-electron chi connectivity index (χ1n) is 5.99. The second kappa shape index (κ2) is 6.61. The molecule has 2 rings (SSSR count). The zero-order valence-electron chi connectivity index (χ0n) is 10.6. The van der Waals surface area contributed by atoms with E-state index in [2.05, 4.69) is 32.3 Å². The van der Waals surface area contributed by atoms with Crippen LogP contribution in [0.3, 0.4) is 0 Å². The lowest BCUT2D eigenvalue weighted by atomic mass is 10.1. The summed E-state index contributed by atoms with van der Waals surface area (Å²) in [5.74, 6) is -0.219. The normalized spacial score (nSPS) is 12.9. The Hall–Kier alpha value is -0.750. The van der Waals surface area contributed by atoms with Crippen molar-refractivity contribution in [3.8, 4) is 0 Å². The molecule has 19 heavy (non-hydrogen) atoms. The van der Waals surface area contributed by atoms with Gasteiger partial charge in [-0.05, 0) is 46.7 Å². The number of benzene rings is 1. The topological polar surface area (TPSA) is 29.3 Å². The first-order chi connectivity index (χ1) is 9.10. The van der Waals surface area contributed by atoms with E-state index in [4.69, 9.17) is 5.73 Å². The van der Waals surface area contributed by atoms with Crippen molar-refractivity contribution in [1.29, 1.82) is 0 Å². The summed E-state index contributed by atoms with van der Waals surface area (Å²) in [6, 6.07) is 8.77. The highest BCUT2D eigenvalue weighted by Crippen LogP contribution is 2.25. The van der Waals surface area contributed by atoms with Gasteiger partial charge in [-0.15, -0.1) is 11.3 Å². The van der Waals surface area contributed by atoms with Crippen LogP contribution < -0.4 is 5.73 Å². The largest absolute Gasteiger partial charge is 0.329 e. The van der Waals surface area contributed by atoms with Crippen LogP contribution in [0.15, 0.2) is 40.2 Å². The molecular formula is C14H16BrFN2S. The van der Waals surface area contributed by atoms with Gasteiger partial charge in [0.2, 0.25) is 0 Å². The van der Waals surface area contributed by atoms with E-state index < -0.39 is 0 Å². The monoisotopic (exact) mass is 342 g/mol. The third-order valence-corrected chi connectivity index (χ3v) is 4.70. The molecule has 0 spiro atoms. The summed E-state index contributed by atoms with van der Waals surface area (Å²) in [5.41, 5.74) is 6.76. The van der Waals surface area contributed by atoms with Crippen LogP contribution >= 0.6 is 27.3 Å². The summed E-state index contributed by atoms with van der Waals surface area (Å²) >= 11 is 5.15. The maximum absolute atomic E-state index is 13.3. The number of hydrogen-bond donors (Lipinski definition) is 1. The van der Waals surface area contributed by atoms with Crippen molar-refractivity contribution < 1.29 is 4.39 Å². The Balaban J connectivity index is 2.12. The van der Waals surface area contributed by atoms with Crippen molar-refractivity contribution in [2.45, 2.75) is 12.6 Å². The highest BCUT2D eigenvalue weighted by molar-refractivity contribution is 9.10. The van der Waals surface area contributed by atoms with Crippen LogP contribution in [0.5, 0.6) is 0 Å². The van der Waals surface area contributed by atoms with Crippen LogP contribution in [0.2, 0.25) is 0 Å². The van der Waals surface area contributed by atoms with Gasteiger partial charge in [0.15, 0.2) is 0 Å². The van der Waals surface area contributed by atoms with Gasteiger partial charge in [0.1, 0.15) is 5.82 Å². The third-order valence-electron chi connectivity index (χ3n) is 3.02. The van der Waals surface area contributed by atoms with Crippen molar-refractivity contribution in [3.63, 3.8) is 0 Å². The van der Waals surface area contributed by atoms with Gasteiger partial charge in [-0.3, -0.25) is 4.90 Å². The Morgan fingerprint density at radius 3 is 2.79 bits per heavy atom. The Labute approximate surface area is 125 Å². The molecule has 0 aliphatic carbocycles. The fourth-order valence-corrected chi connectivity index (χ4v) is 3.59. The smallest absolute Gasteiger partial charge is 0.123 e. The summed E-state index contributed by atoms with van der Waals surface area (Å²) in [4.78, 5) is 3.40. The van der Waals surface area contributed by atoms with Crippen LogP contribution in [0.1, 0.15) is 16.5 Å². The number of hydrogen-bond acceptors (Lipinski definition) is 3. The summed E-state index contributed by atoms with van der Waals surface area (Å²) < 4.78 is 14.4. The number of nitrogens with two attached hydrogens (primary N) is 1. The molecule has 1 unspecified atom stereocenters. The molecule has 2 nitrogen and oxygen atoms in total. The number of nitrogens with zero attached hydrogens (tertiary/aromatic N) is 1. The molecule has 0 fully saturated rings. The van der Waals surface area contributed by atoms with Gasteiger partial charge in [0, 0.05) is 33.9 Å². The molecule has 102 valence electrons. The molecule has 0 aliphatic rings. The van der Waals surface area contributed by atoms with Crippen molar-refractivity contribution in [3.05, 3.63) is 56.4 Å². The molecule has 5 heteroatoms. The van der Waals surface area contributed by atoms with Crippen LogP contribution in [-0.2, 0) is 6.54 Å². The molecule has 0 aliphatic heterocycles. The van der Waals surface area contributed by atoms with Crippen molar-refractivity contribution in [2.75, 3.05) is 13.6 Å². The van der Waals surface area contributed by atoms with Gasteiger partial charge >= 0.3 is 0 Å². The molecule has 2 N–H and O–H groups in total. The van der Waals surface area contributed by atoms with E-state index >= 15 is 0 Å². The van der Waals surface area contributed by atoms with Crippen LogP contribution in [0.4, 0.5) is 4.39 Å². The van der Waals surface area contributed by atoms with Gasteiger partial charge in [0.05, 0.1) is 0 Å². The standard InChI is InChI=1S/C14H16BrFN2S/c1-18(8-13-6-11(15)9-19-13)14(7-17)10-3-2-4-12(16)5-10/h2-6,9,14H,7-8,17H2,1H3. The first-order valence-corrected chi connectivity index (χ1v) is 7.66. The average molecular weight is 343 g/mol. The minimum Gasteiger partial charge on any atom is -0.329 e. The van der Waals surface area contributed by atoms with Gasteiger partial charge < -0.3 is 5.73 Å². The zero-order chi connectivity index (χ0) is 13.8. The minimum atomic E-state index is -0.219. The Bertz CT molecular complexity index is 544. The highest BCUT2D eigenvalue weighted by atomic mass is 79.9. The molecule has 2 aromatic rings. The second-order valence-electron chi connectivity index (χ2n) is 4.45. The lowest BCUT2D eigenvalue weighted by Gasteiger charge is -2.26. The molecule has 1 heterocycles. The van der Waals surface area contributed by atoms with Crippen molar-refractivity contribution in [2.24, 2.45) is 5.73 Å². The molecule has 1 aromatic heterocycles. The average Bonchev–Trinajstić information content (AvgIpc) is 2.75. The molecule has 1 atom stereocenters. The first kappa shape index (κ1) is 14.7. The van der Waals surface area contributed by atoms with Crippen molar-refractivity contribution in [1.82, 2.24) is 4.90 Å². The molecule has 0 bridgehead atoms. The maximum atomic E-state index is 13.3. The molecule has 0 saturated carbocycles. The number of likely N-dealkylation sites (N-methyl/N-ethyl adjacent to an activating group) is 1. The Morgan fingerprint density at radius 2 is 2.21 bits per heavy atom. The molecule has 0 saturated heterocycles. The van der Waals surface area contributed by atoms with E-state index in [-0.39, 0.29) is 11.9 Å². The SMILES string of the molecule is CN(Cc1cc(Br)cs1)C(CN)c1cccc(F)c1. The third kappa shape index (κ3) is 3.86. The van der Waals surface area contributed by atoms with Crippen molar-refractivity contribution >= 4 is 27.3 Å². The van der Waals surface area contributed by atoms with E-state index in [1.165, 1.54) is 10.9 Å². The fraction of sp³-hybridized carbons (Fsp3) is 0.286. The number of rotatable bonds is 5. The quantitative estimate of drug-likeness (QED) is 0.895. The Kier molecular flexibility index (Phi) is 5.10. The van der Waals surface area contributed by atoms with Gasteiger partial charge in [0.25, 0.3) is 0 Å². The molecule has 0 amide bonds. The minimum absolute atomic E-state index is 0.0246. The summed E-state index contributed by atoms with van der Waals surface area (Å²) in [6.45, 7) is 1.27. The van der Waals surface area contributed by atoms with Gasteiger partial charge in [-0.2, -0.15) is 0 Å². The van der Waals surface area contributed by atoms with E-state index in [1.54, 1.807) is 23.5 Å². The van der Waals surface area contributed by atoms with Gasteiger partial charge in [-0.1, -0.05) is 12.1 Å². The number of thiophene rings is 1. The summed E-state index contributed by atoms with van der Waals surface area (Å²) in [7, 11) is 2.01. The predicted molar refractivity (Wildman–Crippen MR) is 81.7 cm³/mol. The molecular weight excluding hydrogens is 327 g/mol. The summed E-state index contributed by atoms with van der Waals surface area (Å²) in [5, 5.41) is 2.06. The Morgan fingerprint density at radius 1 is 1.42 bits per heavy atom. The lowest BCUT2D eigenvalue weighted by Crippen LogP contribution is -2.30. The van der Waals surface area contributed by atoms with Gasteiger partial charge in [-0.25, -0.2) is 4.39 Å². The van der Waals surface area contributed by atoms with Crippen LogP contribution in [-0.4, -0.2) is 18.5 Å². The molecule has 1 aromatic carbocycles. The van der Waals surface area contributed by atoms with E-state index in [0.29, 0.717) is 6.54 Å². The van der Waals surface area contributed by atoms with E-state index in [1.807, 2.05) is 13.1 Å². The van der Waals surface area contributed by atoms with Crippen LogP contribution in [0.25, 0.3) is 0 Å². The van der Waals surface area contributed by atoms with E-state index in [9.17, 15) is 4.39 Å². The second-order valence-corrected chi connectivity index (χ2v) is 6.36. The summed E-state index contributed by atoms with van der Waals surface area (Å²) in [6.07, 6.45) is 0. The van der Waals surface area contributed by atoms with Crippen LogP contribution in [0, 0.1) is 5.82 Å². The number of halogens is 2. The fourth-order valence-electron chi connectivity index (χ4n) is 2.08. The highest BCUT2D eigenvalue weighted by Gasteiger charge is 2.16. The zero-order valence-corrected chi connectivity index (χ0v) is 13.0. The lowest BCUT2D eigenvalue weighted by molar-refractivity contribution is 0.243. The maximum Gasteiger partial charge on any atom is 0.123 e. The van der Waals surface area contributed by atoms with E-state index in [0.717, 1.165) is 16.6 Å². The molecule has 0 radical (unpaired) electrons.